The summed E-state index contributed by atoms with van der Waals surface area (Å²) in [4.78, 5) is 14.1. The van der Waals surface area contributed by atoms with Crippen LogP contribution in [0.4, 0.5) is 0 Å². The van der Waals surface area contributed by atoms with Crippen LogP contribution < -0.4 is 0 Å². The molecule has 1 rings (SSSR count). The quantitative estimate of drug-likeness (QED) is 0.818. The first-order valence-electron chi connectivity index (χ1n) is 3.11. The van der Waals surface area contributed by atoms with Gasteiger partial charge in [-0.15, -0.1) is 0 Å². The van der Waals surface area contributed by atoms with E-state index in [2.05, 4.69) is 20.9 Å². The molecular formula is C7H5BrClNO2. The van der Waals surface area contributed by atoms with Gasteiger partial charge in [-0.25, -0.2) is 4.98 Å². The Bertz CT molecular complexity index is 316. The highest BCUT2D eigenvalue weighted by Crippen LogP contribution is 2.19. The lowest BCUT2D eigenvalue weighted by Gasteiger charge is -1.99. The highest BCUT2D eigenvalue weighted by Gasteiger charge is 2.05. The lowest BCUT2D eigenvalue weighted by atomic mass is 10.2. The Labute approximate surface area is 82.5 Å². The molecule has 0 aliphatic rings. The first kappa shape index (κ1) is 9.48. The molecule has 1 N–H and O–H groups in total. The van der Waals surface area contributed by atoms with E-state index in [-0.39, 0.29) is 6.42 Å². The van der Waals surface area contributed by atoms with Crippen LogP contribution in [0, 0.1) is 0 Å². The molecule has 0 unspecified atom stereocenters. The predicted octanol–water partition coefficient (Wildman–Crippen LogP) is 2.12. The summed E-state index contributed by atoms with van der Waals surface area (Å²) in [6.45, 7) is 0. The van der Waals surface area contributed by atoms with Gasteiger partial charge in [-0.2, -0.15) is 0 Å². The zero-order valence-corrected chi connectivity index (χ0v) is 8.26. The van der Waals surface area contributed by atoms with Crippen LogP contribution in [0.2, 0.25) is 5.15 Å². The Hall–Kier alpha value is -0.610. The summed E-state index contributed by atoms with van der Waals surface area (Å²) in [5.41, 5.74) is 0.618. The van der Waals surface area contributed by atoms with Crippen LogP contribution in [0.1, 0.15) is 5.56 Å². The van der Waals surface area contributed by atoms with Crippen molar-refractivity contribution in [2.75, 3.05) is 0 Å². The van der Waals surface area contributed by atoms with Crippen molar-refractivity contribution in [2.45, 2.75) is 6.42 Å². The van der Waals surface area contributed by atoms with Crippen LogP contribution in [-0.2, 0) is 11.2 Å². The summed E-state index contributed by atoms with van der Waals surface area (Å²) in [6, 6.07) is 1.57. The molecule has 0 atom stereocenters. The largest absolute Gasteiger partial charge is 0.481 e. The fraction of sp³-hybridized carbons (Fsp3) is 0.143. The van der Waals surface area contributed by atoms with Crippen molar-refractivity contribution in [3.8, 4) is 0 Å². The number of halogens is 2. The second-order valence-electron chi connectivity index (χ2n) is 2.17. The number of hydrogen-bond donors (Lipinski definition) is 1. The van der Waals surface area contributed by atoms with E-state index in [1.807, 2.05) is 0 Å². The van der Waals surface area contributed by atoms with Crippen molar-refractivity contribution in [3.63, 3.8) is 0 Å². The lowest BCUT2D eigenvalue weighted by molar-refractivity contribution is -0.136. The third kappa shape index (κ3) is 2.46. The molecule has 1 heterocycles. The molecule has 0 amide bonds. The minimum atomic E-state index is -0.889. The minimum absolute atomic E-state index is 0.0508. The molecule has 5 heteroatoms. The summed E-state index contributed by atoms with van der Waals surface area (Å²) in [5.74, 6) is -0.889. The molecule has 0 aromatic carbocycles. The number of carboxylic acids is 1. The van der Waals surface area contributed by atoms with Gasteiger partial charge in [0.15, 0.2) is 0 Å². The first-order valence-corrected chi connectivity index (χ1v) is 4.28. The topological polar surface area (TPSA) is 50.2 Å². The zero-order valence-electron chi connectivity index (χ0n) is 5.92. The summed E-state index contributed by atoms with van der Waals surface area (Å²) < 4.78 is 0.671. The molecule has 0 saturated carbocycles. The Morgan fingerprint density at radius 1 is 1.75 bits per heavy atom. The third-order valence-corrected chi connectivity index (χ3v) is 2.18. The van der Waals surface area contributed by atoms with E-state index in [4.69, 9.17) is 16.7 Å². The van der Waals surface area contributed by atoms with E-state index in [0.29, 0.717) is 15.2 Å². The molecule has 64 valence electrons. The second-order valence-corrected chi connectivity index (χ2v) is 3.41. The van der Waals surface area contributed by atoms with Crippen LogP contribution in [0.15, 0.2) is 16.7 Å². The molecule has 0 saturated heterocycles. The number of pyridine rings is 1. The molecule has 12 heavy (non-hydrogen) atoms. The van der Waals surface area contributed by atoms with Crippen LogP contribution >= 0.6 is 27.5 Å². The van der Waals surface area contributed by atoms with E-state index < -0.39 is 5.97 Å². The third-order valence-electron chi connectivity index (χ3n) is 1.24. The maximum Gasteiger partial charge on any atom is 0.307 e. The molecule has 3 nitrogen and oxygen atoms in total. The van der Waals surface area contributed by atoms with Gasteiger partial charge >= 0.3 is 5.97 Å². The van der Waals surface area contributed by atoms with Crippen molar-refractivity contribution in [1.29, 1.82) is 0 Å². The van der Waals surface area contributed by atoms with Gasteiger partial charge in [0, 0.05) is 10.7 Å². The Morgan fingerprint density at radius 3 is 2.92 bits per heavy atom. The fourth-order valence-electron chi connectivity index (χ4n) is 0.729. The lowest BCUT2D eigenvalue weighted by Crippen LogP contribution is -2.01. The molecule has 1 aromatic rings. The molecule has 1 aromatic heterocycles. The molecular weight excluding hydrogens is 245 g/mol. The smallest absolute Gasteiger partial charge is 0.307 e. The number of aromatic nitrogens is 1. The average Bonchev–Trinajstić information content (AvgIpc) is 1.94. The first-order chi connectivity index (χ1) is 5.59. The van der Waals surface area contributed by atoms with Crippen molar-refractivity contribution in [2.24, 2.45) is 0 Å². The van der Waals surface area contributed by atoms with E-state index in [9.17, 15) is 4.79 Å². The number of nitrogens with zero attached hydrogens (tertiary/aromatic N) is 1. The summed E-state index contributed by atoms with van der Waals surface area (Å²) in [7, 11) is 0. The van der Waals surface area contributed by atoms with Crippen LogP contribution in [-0.4, -0.2) is 16.1 Å². The molecule has 0 radical (unpaired) electrons. The average molecular weight is 250 g/mol. The summed E-state index contributed by atoms with van der Waals surface area (Å²) in [5, 5.41) is 8.82. The highest BCUT2D eigenvalue weighted by atomic mass is 79.9. The summed E-state index contributed by atoms with van der Waals surface area (Å²) in [6.07, 6.45) is 1.39. The van der Waals surface area contributed by atoms with Gasteiger partial charge in [-0.1, -0.05) is 27.5 Å². The van der Waals surface area contributed by atoms with Gasteiger partial charge in [0.1, 0.15) is 5.15 Å². The SMILES string of the molecule is O=C(O)Cc1cnc(Cl)cc1Br. The fourth-order valence-corrected chi connectivity index (χ4v) is 1.48. The van der Waals surface area contributed by atoms with Crippen LogP contribution in [0.5, 0.6) is 0 Å². The van der Waals surface area contributed by atoms with Gasteiger partial charge in [-0.3, -0.25) is 4.79 Å². The van der Waals surface area contributed by atoms with Crippen molar-refractivity contribution >= 4 is 33.5 Å². The molecule has 0 aliphatic carbocycles. The number of aliphatic carboxylic acids is 1. The van der Waals surface area contributed by atoms with Gasteiger partial charge in [0.05, 0.1) is 6.42 Å². The molecule has 0 bridgehead atoms. The molecule has 0 fully saturated rings. The van der Waals surface area contributed by atoms with E-state index >= 15 is 0 Å². The maximum atomic E-state index is 10.3. The van der Waals surface area contributed by atoms with Crippen LogP contribution in [0.3, 0.4) is 0 Å². The Balaban J connectivity index is 2.93. The van der Waals surface area contributed by atoms with Gasteiger partial charge < -0.3 is 5.11 Å². The minimum Gasteiger partial charge on any atom is -0.481 e. The van der Waals surface area contributed by atoms with Gasteiger partial charge in [0.25, 0.3) is 0 Å². The van der Waals surface area contributed by atoms with Gasteiger partial charge in [0.2, 0.25) is 0 Å². The zero-order chi connectivity index (χ0) is 9.14. The Kier molecular flexibility index (Phi) is 3.05. The van der Waals surface area contributed by atoms with Crippen molar-refractivity contribution < 1.29 is 9.90 Å². The normalized spacial score (nSPS) is 9.83. The summed E-state index contributed by atoms with van der Waals surface area (Å²) >= 11 is 8.75. The predicted molar refractivity (Wildman–Crippen MR) is 48.3 cm³/mol. The second kappa shape index (κ2) is 3.87. The number of rotatable bonds is 2. The maximum absolute atomic E-state index is 10.3. The van der Waals surface area contributed by atoms with Crippen molar-refractivity contribution in [3.05, 3.63) is 27.5 Å². The van der Waals surface area contributed by atoms with Gasteiger partial charge in [-0.05, 0) is 11.6 Å². The monoisotopic (exact) mass is 249 g/mol. The van der Waals surface area contributed by atoms with E-state index in [1.165, 1.54) is 6.20 Å². The molecule has 0 spiro atoms. The number of carbonyl (C=O) groups is 1. The Morgan fingerprint density at radius 2 is 2.42 bits per heavy atom. The van der Waals surface area contributed by atoms with Crippen molar-refractivity contribution in [1.82, 2.24) is 4.98 Å². The van der Waals surface area contributed by atoms with E-state index in [0.717, 1.165) is 0 Å². The standard InChI is InChI=1S/C7H5BrClNO2/c8-5-2-6(9)10-3-4(5)1-7(11)12/h2-3H,1H2,(H,11,12). The molecule has 0 aliphatic heterocycles. The number of carboxylic acid groups (broad SMARTS) is 1. The van der Waals surface area contributed by atoms with E-state index in [1.54, 1.807) is 6.07 Å². The highest BCUT2D eigenvalue weighted by molar-refractivity contribution is 9.10. The van der Waals surface area contributed by atoms with Crippen LogP contribution in [0.25, 0.3) is 0 Å². The number of hydrogen-bond acceptors (Lipinski definition) is 2.